The first-order valence-electron chi connectivity index (χ1n) is 6.08. The number of imidazole rings is 1. The predicted molar refractivity (Wildman–Crippen MR) is 65.7 cm³/mol. The quantitative estimate of drug-likeness (QED) is 0.854. The van der Waals surface area contributed by atoms with Crippen LogP contribution in [0, 0.1) is 0 Å². The summed E-state index contributed by atoms with van der Waals surface area (Å²) >= 11 is 0. The lowest BCUT2D eigenvalue weighted by molar-refractivity contribution is 0.0694. The summed E-state index contributed by atoms with van der Waals surface area (Å²) in [6, 6.07) is 8.11. The minimum Gasteiger partial charge on any atom is -0.377 e. The summed E-state index contributed by atoms with van der Waals surface area (Å²) in [5.41, 5.74) is 1.34. The van der Waals surface area contributed by atoms with Crippen LogP contribution >= 0.6 is 0 Å². The lowest BCUT2D eigenvalue weighted by Crippen LogP contribution is -2.28. The van der Waals surface area contributed by atoms with Crippen molar-refractivity contribution in [2.24, 2.45) is 0 Å². The van der Waals surface area contributed by atoms with E-state index < -0.39 is 5.60 Å². The first-order chi connectivity index (χ1) is 8.25. The number of nitrogens with zero attached hydrogens (tertiary/aromatic N) is 2. The number of hydrogen-bond donors (Lipinski definition) is 1. The van der Waals surface area contributed by atoms with Crippen molar-refractivity contribution in [2.75, 3.05) is 0 Å². The van der Waals surface area contributed by atoms with E-state index in [4.69, 9.17) is 0 Å². The van der Waals surface area contributed by atoms with Gasteiger partial charge in [0.05, 0.1) is 0 Å². The van der Waals surface area contributed by atoms with Crippen LogP contribution in [0.2, 0.25) is 0 Å². The molecule has 1 N–H and O–H groups in total. The largest absolute Gasteiger partial charge is 0.377 e. The summed E-state index contributed by atoms with van der Waals surface area (Å²) < 4.78 is 2.02. The van der Waals surface area contributed by atoms with Gasteiger partial charge in [0, 0.05) is 18.9 Å². The topological polar surface area (TPSA) is 38.0 Å². The average molecular weight is 228 g/mol. The summed E-state index contributed by atoms with van der Waals surface area (Å²) in [5.74, 6) is 0.768. The summed E-state index contributed by atoms with van der Waals surface area (Å²) in [7, 11) is 0. The minimum absolute atomic E-state index is 0.726. The Morgan fingerprint density at radius 1 is 1.41 bits per heavy atom. The molecule has 3 nitrogen and oxygen atoms in total. The second-order valence-corrected chi connectivity index (χ2v) is 4.55. The Morgan fingerprint density at radius 2 is 2.24 bits per heavy atom. The number of aliphatic hydroxyl groups is 1. The fourth-order valence-electron chi connectivity index (χ4n) is 2.75. The average Bonchev–Trinajstić information content (AvgIpc) is 2.96. The highest BCUT2D eigenvalue weighted by molar-refractivity contribution is 5.41. The van der Waals surface area contributed by atoms with E-state index in [0.29, 0.717) is 0 Å². The number of benzene rings is 1. The zero-order valence-electron chi connectivity index (χ0n) is 9.93. The normalized spacial score (nSPS) is 22.7. The van der Waals surface area contributed by atoms with Gasteiger partial charge in [-0.15, -0.1) is 0 Å². The van der Waals surface area contributed by atoms with Crippen LogP contribution in [-0.2, 0) is 18.6 Å². The van der Waals surface area contributed by atoms with Crippen LogP contribution < -0.4 is 0 Å². The molecule has 0 spiro atoms. The van der Waals surface area contributed by atoms with Gasteiger partial charge < -0.3 is 9.67 Å². The lowest BCUT2D eigenvalue weighted by Gasteiger charge is -2.24. The molecule has 0 amide bonds. The summed E-state index contributed by atoms with van der Waals surface area (Å²) in [4.78, 5) is 4.35. The highest BCUT2D eigenvalue weighted by Crippen LogP contribution is 2.40. The maximum Gasteiger partial charge on any atom is 0.148 e. The van der Waals surface area contributed by atoms with Crippen molar-refractivity contribution in [3.05, 3.63) is 53.6 Å². The molecule has 1 unspecified atom stereocenters. The summed E-state index contributed by atoms with van der Waals surface area (Å²) in [6.07, 6.45) is 5.33. The van der Waals surface area contributed by atoms with Crippen molar-refractivity contribution in [1.82, 2.24) is 9.55 Å². The maximum absolute atomic E-state index is 10.9. The van der Waals surface area contributed by atoms with Crippen molar-refractivity contribution < 1.29 is 5.11 Å². The third-order valence-corrected chi connectivity index (χ3v) is 3.65. The monoisotopic (exact) mass is 228 g/mol. The fourth-order valence-corrected chi connectivity index (χ4v) is 2.75. The SMILES string of the molecule is CCn1ccnc1C1(O)CCc2ccccc21. The smallest absolute Gasteiger partial charge is 0.148 e. The number of rotatable bonds is 2. The zero-order chi connectivity index (χ0) is 11.9. The first-order valence-corrected chi connectivity index (χ1v) is 6.08. The second kappa shape index (κ2) is 3.70. The molecule has 0 saturated heterocycles. The standard InChI is InChI=1S/C14H16N2O/c1-2-16-10-9-15-13(16)14(17)8-7-11-5-3-4-6-12(11)14/h3-6,9-10,17H,2,7-8H2,1H3. The van der Waals surface area contributed by atoms with Gasteiger partial charge in [-0.1, -0.05) is 24.3 Å². The molecule has 1 atom stereocenters. The van der Waals surface area contributed by atoms with Gasteiger partial charge in [-0.05, 0) is 30.9 Å². The van der Waals surface area contributed by atoms with Crippen molar-refractivity contribution in [3.8, 4) is 0 Å². The lowest BCUT2D eigenvalue weighted by atomic mass is 9.95. The first kappa shape index (κ1) is 10.5. The van der Waals surface area contributed by atoms with Crippen molar-refractivity contribution >= 4 is 0 Å². The molecule has 0 radical (unpaired) electrons. The molecule has 1 aromatic carbocycles. The van der Waals surface area contributed by atoms with Crippen molar-refractivity contribution in [2.45, 2.75) is 31.9 Å². The van der Waals surface area contributed by atoms with Crippen LogP contribution in [0.5, 0.6) is 0 Å². The number of hydrogen-bond acceptors (Lipinski definition) is 2. The molecule has 0 fully saturated rings. The van der Waals surface area contributed by atoms with E-state index >= 15 is 0 Å². The van der Waals surface area contributed by atoms with Gasteiger partial charge in [0.15, 0.2) is 0 Å². The highest BCUT2D eigenvalue weighted by atomic mass is 16.3. The van der Waals surface area contributed by atoms with E-state index in [1.54, 1.807) is 6.20 Å². The Labute approximate surface area is 101 Å². The van der Waals surface area contributed by atoms with Gasteiger partial charge in [0.1, 0.15) is 11.4 Å². The molecule has 0 saturated carbocycles. The minimum atomic E-state index is -0.907. The van der Waals surface area contributed by atoms with Gasteiger partial charge in [0.2, 0.25) is 0 Å². The van der Waals surface area contributed by atoms with Crippen LogP contribution in [0.4, 0.5) is 0 Å². The summed E-state index contributed by atoms with van der Waals surface area (Å²) in [5, 5.41) is 10.9. The molecule has 3 heteroatoms. The van der Waals surface area contributed by atoms with Crippen LogP contribution in [0.1, 0.15) is 30.3 Å². The molecular weight excluding hydrogens is 212 g/mol. The molecule has 0 aliphatic heterocycles. The number of fused-ring (bicyclic) bond motifs is 1. The molecule has 3 rings (SSSR count). The van der Waals surface area contributed by atoms with Crippen LogP contribution in [0.15, 0.2) is 36.7 Å². The third-order valence-electron chi connectivity index (χ3n) is 3.65. The number of aryl methyl sites for hydroxylation is 2. The highest BCUT2D eigenvalue weighted by Gasteiger charge is 2.41. The van der Waals surface area contributed by atoms with Crippen molar-refractivity contribution in [3.63, 3.8) is 0 Å². The van der Waals surface area contributed by atoms with E-state index in [-0.39, 0.29) is 0 Å². The summed E-state index contributed by atoms with van der Waals surface area (Å²) in [6.45, 7) is 2.90. The van der Waals surface area contributed by atoms with Gasteiger partial charge in [-0.3, -0.25) is 0 Å². The van der Waals surface area contributed by atoms with E-state index in [1.165, 1.54) is 5.56 Å². The Bertz CT molecular complexity index is 547. The molecule has 1 heterocycles. The van der Waals surface area contributed by atoms with E-state index in [0.717, 1.165) is 30.8 Å². The molecule has 1 aliphatic carbocycles. The number of aromatic nitrogens is 2. The van der Waals surface area contributed by atoms with Gasteiger partial charge in [0.25, 0.3) is 0 Å². The molecule has 1 aromatic heterocycles. The Balaban J connectivity index is 2.15. The van der Waals surface area contributed by atoms with Crippen LogP contribution in [0.3, 0.4) is 0 Å². The molecule has 17 heavy (non-hydrogen) atoms. The van der Waals surface area contributed by atoms with Crippen LogP contribution in [-0.4, -0.2) is 14.7 Å². The molecule has 0 bridgehead atoms. The molecule has 1 aliphatic rings. The second-order valence-electron chi connectivity index (χ2n) is 4.55. The van der Waals surface area contributed by atoms with E-state index in [2.05, 4.69) is 18.0 Å². The van der Waals surface area contributed by atoms with Crippen LogP contribution in [0.25, 0.3) is 0 Å². The molecule has 2 aromatic rings. The van der Waals surface area contributed by atoms with Gasteiger partial charge >= 0.3 is 0 Å². The molecule has 88 valence electrons. The predicted octanol–water partition coefficient (Wildman–Crippen LogP) is 2.09. The zero-order valence-corrected chi connectivity index (χ0v) is 9.93. The fraction of sp³-hybridized carbons (Fsp3) is 0.357. The Morgan fingerprint density at radius 3 is 3.06 bits per heavy atom. The van der Waals surface area contributed by atoms with E-state index in [1.807, 2.05) is 29.0 Å². The van der Waals surface area contributed by atoms with E-state index in [9.17, 15) is 5.11 Å². The Hall–Kier alpha value is -1.61. The molecular formula is C14H16N2O. The maximum atomic E-state index is 10.9. The van der Waals surface area contributed by atoms with Gasteiger partial charge in [-0.2, -0.15) is 0 Å². The van der Waals surface area contributed by atoms with Crippen molar-refractivity contribution in [1.29, 1.82) is 0 Å². The Kier molecular flexibility index (Phi) is 2.30. The van der Waals surface area contributed by atoms with Gasteiger partial charge in [-0.25, -0.2) is 4.98 Å². The third kappa shape index (κ3) is 1.42.